The number of carbonyl (C=O) groups is 1. The first kappa shape index (κ1) is 18.7. The SMILES string of the molecule is Cc1cc2nc(C)c(CCC(=O)Nc3cc4c(cc3Br)OCCO4)c(C)n2n1. The number of amides is 1. The van der Waals surface area contributed by atoms with Crippen molar-refractivity contribution in [1.29, 1.82) is 0 Å². The maximum absolute atomic E-state index is 12.5. The Morgan fingerprint density at radius 2 is 1.89 bits per heavy atom. The van der Waals surface area contributed by atoms with E-state index in [0.717, 1.165) is 32.8 Å². The van der Waals surface area contributed by atoms with Crippen molar-refractivity contribution in [3.63, 3.8) is 0 Å². The average Bonchev–Trinajstić information content (AvgIpc) is 3.02. The molecule has 3 heterocycles. The summed E-state index contributed by atoms with van der Waals surface area (Å²) < 4.78 is 13.7. The maximum Gasteiger partial charge on any atom is 0.224 e. The average molecular weight is 445 g/mol. The number of carbonyl (C=O) groups excluding carboxylic acids is 1. The smallest absolute Gasteiger partial charge is 0.224 e. The van der Waals surface area contributed by atoms with Gasteiger partial charge in [-0.3, -0.25) is 4.79 Å². The number of ether oxygens (including phenoxy) is 2. The molecule has 0 saturated carbocycles. The molecule has 3 aromatic rings. The number of fused-ring (bicyclic) bond motifs is 2. The van der Waals surface area contributed by atoms with E-state index in [-0.39, 0.29) is 5.91 Å². The second kappa shape index (κ2) is 7.43. The minimum Gasteiger partial charge on any atom is -0.486 e. The lowest BCUT2D eigenvalue weighted by Gasteiger charge is -2.20. The molecule has 1 N–H and O–H groups in total. The fraction of sp³-hybridized carbons (Fsp3) is 0.350. The molecular formula is C20H21BrN4O3. The summed E-state index contributed by atoms with van der Waals surface area (Å²) in [4.78, 5) is 17.2. The normalized spacial score (nSPS) is 13.0. The van der Waals surface area contributed by atoms with Crippen LogP contribution in [0.25, 0.3) is 5.65 Å². The van der Waals surface area contributed by atoms with Crippen LogP contribution < -0.4 is 14.8 Å². The van der Waals surface area contributed by atoms with Gasteiger partial charge in [0, 0.05) is 40.5 Å². The van der Waals surface area contributed by atoms with Gasteiger partial charge in [-0.2, -0.15) is 5.10 Å². The Bertz CT molecular complexity index is 1080. The number of halogens is 1. The van der Waals surface area contributed by atoms with E-state index in [0.29, 0.717) is 43.2 Å². The fourth-order valence-electron chi connectivity index (χ4n) is 3.41. The molecule has 28 heavy (non-hydrogen) atoms. The van der Waals surface area contributed by atoms with Crippen LogP contribution in [-0.2, 0) is 11.2 Å². The summed E-state index contributed by atoms with van der Waals surface area (Å²) in [7, 11) is 0. The molecule has 0 aliphatic carbocycles. The van der Waals surface area contributed by atoms with Crippen molar-refractivity contribution in [3.05, 3.63) is 45.3 Å². The molecule has 0 atom stereocenters. The Balaban J connectivity index is 1.49. The van der Waals surface area contributed by atoms with Crippen LogP contribution in [0.4, 0.5) is 5.69 Å². The largest absolute Gasteiger partial charge is 0.486 e. The molecule has 1 aliphatic heterocycles. The quantitative estimate of drug-likeness (QED) is 0.662. The van der Waals surface area contributed by atoms with E-state index in [1.54, 1.807) is 6.07 Å². The molecule has 4 rings (SSSR count). The molecule has 2 aromatic heterocycles. The van der Waals surface area contributed by atoms with Gasteiger partial charge in [0.25, 0.3) is 0 Å². The number of aryl methyl sites for hydroxylation is 3. The van der Waals surface area contributed by atoms with Gasteiger partial charge in [0.1, 0.15) is 13.2 Å². The van der Waals surface area contributed by atoms with E-state index in [9.17, 15) is 4.79 Å². The van der Waals surface area contributed by atoms with Crippen LogP contribution in [0, 0.1) is 20.8 Å². The molecule has 7 nitrogen and oxygen atoms in total. The molecular weight excluding hydrogens is 424 g/mol. The summed E-state index contributed by atoms with van der Waals surface area (Å²) in [6, 6.07) is 5.55. The van der Waals surface area contributed by atoms with Crippen LogP contribution in [0.3, 0.4) is 0 Å². The lowest BCUT2D eigenvalue weighted by atomic mass is 10.1. The Hall–Kier alpha value is -2.61. The number of nitrogens with zero attached hydrogens (tertiary/aromatic N) is 3. The Labute approximate surface area is 171 Å². The summed E-state index contributed by atoms with van der Waals surface area (Å²) in [5.41, 5.74) is 5.42. The van der Waals surface area contributed by atoms with E-state index < -0.39 is 0 Å². The monoisotopic (exact) mass is 444 g/mol. The van der Waals surface area contributed by atoms with Crippen molar-refractivity contribution in [2.45, 2.75) is 33.6 Å². The van der Waals surface area contributed by atoms with Crippen LogP contribution in [-0.4, -0.2) is 33.7 Å². The molecule has 0 fully saturated rings. The van der Waals surface area contributed by atoms with Crippen molar-refractivity contribution >= 4 is 33.2 Å². The van der Waals surface area contributed by atoms with E-state index in [1.165, 1.54) is 0 Å². The fourth-order valence-corrected chi connectivity index (χ4v) is 3.84. The molecule has 1 aromatic carbocycles. The van der Waals surface area contributed by atoms with Gasteiger partial charge in [0.15, 0.2) is 17.1 Å². The predicted octanol–water partition coefficient (Wildman–Crippen LogP) is 3.76. The van der Waals surface area contributed by atoms with Crippen LogP contribution in [0.5, 0.6) is 11.5 Å². The summed E-state index contributed by atoms with van der Waals surface area (Å²) in [6.07, 6.45) is 0.934. The lowest BCUT2D eigenvalue weighted by molar-refractivity contribution is -0.116. The molecule has 1 amide bonds. The van der Waals surface area contributed by atoms with E-state index >= 15 is 0 Å². The van der Waals surface area contributed by atoms with Crippen molar-refractivity contribution in [2.24, 2.45) is 0 Å². The number of aromatic nitrogens is 3. The maximum atomic E-state index is 12.5. The zero-order valence-corrected chi connectivity index (χ0v) is 17.6. The summed E-state index contributed by atoms with van der Waals surface area (Å²) in [5, 5.41) is 7.43. The van der Waals surface area contributed by atoms with E-state index in [4.69, 9.17) is 9.47 Å². The highest BCUT2D eigenvalue weighted by Crippen LogP contribution is 2.38. The zero-order chi connectivity index (χ0) is 19.8. The number of hydrogen-bond acceptors (Lipinski definition) is 5. The lowest BCUT2D eigenvalue weighted by Crippen LogP contribution is -2.17. The van der Waals surface area contributed by atoms with Gasteiger partial charge in [0.05, 0.1) is 11.4 Å². The predicted molar refractivity (Wildman–Crippen MR) is 109 cm³/mol. The third-order valence-corrected chi connectivity index (χ3v) is 5.45. The van der Waals surface area contributed by atoms with Gasteiger partial charge < -0.3 is 14.8 Å². The molecule has 0 saturated heterocycles. The molecule has 0 bridgehead atoms. The van der Waals surface area contributed by atoms with Gasteiger partial charge >= 0.3 is 0 Å². The molecule has 0 radical (unpaired) electrons. The summed E-state index contributed by atoms with van der Waals surface area (Å²) >= 11 is 3.48. The highest BCUT2D eigenvalue weighted by atomic mass is 79.9. The highest BCUT2D eigenvalue weighted by Gasteiger charge is 2.17. The second-order valence-corrected chi connectivity index (χ2v) is 7.70. The Kier molecular flexibility index (Phi) is 4.97. The number of anilines is 1. The first-order chi connectivity index (χ1) is 13.4. The van der Waals surface area contributed by atoms with Gasteiger partial charge in [-0.1, -0.05) is 0 Å². The van der Waals surface area contributed by atoms with Gasteiger partial charge in [-0.25, -0.2) is 9.50 Å². The minimum absolute atomic E-state index is 0.0760. The molecule has 8 heteroatoms. The van der Waals surface area contributed by atoms with Crippen molar-refractivity contribution < 1.29 is 14.3 Å². The standard InChI is InChI=1S/C20H21BrN4O3/c1-11-8-19-22-12(2)14(13(3)25(19)24-11)4-5-20(26)23-16-10-18-17(9-15(16)21)27-6-7-28-18/h8-10H,4-7H2,1-3H3,(H,23,26). The van der Waals surface area contributed by atoms with Crippen molar-refractivity contribution in [3.8, 4) is 11.5 Å². The highest BCUT2D eigenvalue weighted by molar-refractivity contribution is 9.10. The number of benzene rings is 1. The van der Waals surface area contributed by atoms with Crippen LogP contribution in [0.1, 0.15) is 29.1 Å². The number of nitrogens with one attached hydrogen (secondary N) is 1. The van der Waals surface area contributed by atoms with E-state index in [2.05, 4.69) is 31.3 Å². The molecule has 0 unspecified atom stereocenters. The van der Waals surface area contributed by atoms with Crippen molar-refractivity contribution in [1.82, 2.24) is 14.6 Å². The summed E-state index contributed by atoms with van der Waals surface area (Å²) in [6.45, 7) is 6.96. The first-order valence-corrected chi connectivity index (χ1v) is 9.93. The van der Waals surface area contributed by atoms with Crippen LogP contribution in [0.15, 0.2) is 22.7 Å². The third-order valence-electron chi connectivity index (χ3n) is 4.79. The van der Waals surface area contributed by atoms with Crippen LogP contribution >= 0.6 is 15.9 Å². The number of rotatable bonds is 4. The zero-order valence-electron chi connectivity index (χ0n) is 16.0. The first-order valence-electron chi connectivity index (χ1n) is 9.14. The van der Waals surface area contributed by atoms with Crippen LogP contribution in [0.2, 0.25) is 0 Å². The molecule has 146 valence electrons. The van der Waals surface area contributed by atoms with Gasteiger partial charge in [-0.05, 0) is 48.7 Å². The third kappa shape index (κ3) is 3.56. The number of hydrogen-bond donors (Lipinski definition) is 1. The van der Waals surface area contributed by atoms with Gasteiger partial charge in [-0.15, -0.1) is 0 Å². The minimum atomic E-state index is -0.0760. The van der Waals surface area contributed by atoms with Gasteiger partial charge in [0.2, 0.25) is 5.91 Å². The molecule has 0 spiro atoms. The van der Waals surface area contributed by atoms with E-state index in [1.807, 2.05) is 37.4 Å². The molecule has 1 aliphatic rings. The topological polar surface area (TPSA) is 77.8 Å². The Morgan fingerprint density at radius 3 is 2.64 bits per heavy atom. The second-order valence-electron chi connectivity index (χ2n) is 6.84. The Morgan fingerprint density at radius 1 is 1.18 bits per heavy atom. The summed E-state index contributed by atoms with van der Waals surface area (Å²) in [5.74, 6) is 1.24. The van der Waals surface area contributed by atoms with Crippen molar-refractivity contribution in [2.75, 3.05) is 18.5 Å².